The Morgan fingerprint density at radius 2 is 1.71 bits per heavy atom. The van der Waals surface area contributed by atoms with Gasteiger partial charge in [-0.15, -0.1) is 0 Å². The van der Waals surface area contributed by atoms with Crippen molar-refractivity contribution in [3.8, 4) is 11.5 Å². The first-order chi connectivity index (χ1) is 10.1. The standard InChI is InChI=1S/C16H22O5/c1-3-9-20-12-5-6-13(14(17)7-8-16(18)19)15(11-12)21-10-4-2/h5-6,11H,3-4,7-10H2,1-2H3,(H,18,19). The van der Waals surface area contributed by atoms with Crippen LogP contribution in [0.3, 0.4) is 0 Å². The van der Waals surface area contributed by atoms with E-state index in [0.29, 0.717) is 30.3 Å². The van der Waals surface area contributed by atoms with Crippen LogP contribution in [0, 0.1) is 0 Å². The fourth-order valence-electron chi connectivity index (χ4n) is 1.73. The number of carbonyl (C=O) groups is 2. The molecule has 0 aliphatic heterocycles. The lowest BCUT2D eigenvalue weighted by atomic mass is 10.1. The molecule has 0 spiro atoms. The summed E-state index contributed by atoms with van der Waals surface area (Å²) in [4.78, 5) is 22.6. The van der Waals surface area contributed by atoms with Crippen LogP contribution in [0.2, 0.25) is 0 Å². The van der Waals surface area contributed by atoms with E-state index in [1.54, 1.807) is 18.2 Å². The Labute approximate surface area is 124 Å². The van der Waals surface area contributed by atoms with Crippen LogP contribution in [-0.4, -0.2) is 30.1 Å². The van der Waals surface area contributed by atoms with E-state index in [1.165, 1.54) is 0 Å². The normalized spacial score (nSPS) is 10.2. The number of hydrogen-bond acceptors (Lipinski definition) is 4. The zero-order chi connectivity index (χ0) is 15.7. The number of carboxylic acid groups (broad SMARTS) is 1. The van der Waals surface area contributed by atoms with Gasteiger partial charge in [-0.05, 0) is 25.0 Å². The second-order valence-electron chi connectivity index (χ2n) is 4.67. The Balaban J connectivity index is 2.89. The van der Waals surface area contributed by atoms with Crippen LogP contribution in [-0.2, 0) is 4.79 Å². The highest BCUT2D eigenvalue weighted by Gasteiger charge is 2.15. The molecule has 0 fully saturated rings. The molecule has 1 aromatic rings. The second-order valence-corrected chi connectivity index (χ2v) is 4.67. The van der Waals surface area contributed by atoms with E-state index in [9.17, 15) is 9.59 Å². The summed E-state index contributed by atoms with van der Waals surface area (Å²) in [5.41, 5.74) is 0.411. The van der Waals surface area contributed by atoms with Gasteiger partial charge in [0.25, 0.3) is 0 Å². The van der Waals surface area contributed by atoms with Crippen LogP contribution >= 0.6 is 0 Å². The smallest absolute Gasteiger partial charge is 0.303 e. The van der Waals surface area contributed by atoms with Gasteiger partial charge in [0, 0.05) is 12.5 Å². The van der Waals surface area contributed by atoms with E-state index < -0.39 is 5.97 Å². The Hall–Kier alpha value is -2.04. The minimum atomic E-state index is -0.984. The van der Waals surface area contributed by atoms with Crippen molar-refractivity contribution in [2.24, 2.45) is 0 Å². The minimum Gasteiger partial charge on any atom is -0.493 e. The van der Waals surface area contributed by atoms with Crippen molar-refractivity contribution in [1.29, 1.82) is 0 Å². The molecule has 0 unspecified atom stereocenters. The van der Waals surface area contributed by atoms with Crippen molar-refractivity contribution in [3.05, 3.63) is 23.8 Å². The summed E-state index contributed by atoms with van der Waals surface area (Å²) in [6, 6.07) is 5.04. The van der Waals surface area contributed by atoms with Gasteiger partial charge in [0.15, 0.2) is 5.78 Å². The lowest BCUT2D eigenvalue weighted by molar-refractivity contribution is -0.136. The third kappa shape index (κ3) is 5.85. The fourth-order valence-corrected chi connectivity index (χ4v) is 1.73. The van der Waals surface area contributed by atoms with Crippen LogP contribution in [0.25, 0.3) is 0 Å². The zero-order valence-electron chi connectivity index (χ0n) is 12.6. The maximum Gasteiger partial charge on any atom is 0.303 e. The summed E-state index contributed by atoms with van der Waals surface area (Å²) in [7, 11) is 0. The van der Waals surface area contributed by atoms with Gasteiger partial charge in [-0.3, -0.25) is 9.59 Å². The minimum absolute atomic E-state index is 0.0347. The summed E-state index contributed by atoms with van der Waals surface area (Å²) >= 11 is 0. The molecule has 0 aliphatic carbocycles. The van der Waals surface area contributed by atoms with E-state index in [1.807, 2.05) is 13.8 Å². The van der Waals surface area contributed by atoms with Crippen LogP contribution in [0.1, 0.15) is 49.9 Å². The molecule has 1 rings (SSSR count). The van der Waals surface area contributed by atoms with E-state index in [2.05, 4.69) is 0 Å². The number of carbonyl (C=O) groups excluding carboxylic acids is 1. The molecule has 0 bridgehead atoms. The average molecular weight is 294 g/mol. The Bertz CT molecular complexity index is 482. The SMILES string of the molecule is CCCOc1ccc(C(=O)CCC(=O)O)c(OCCC)c1. The molecule has 1 N–H and O–H groups in total. The number of rotatable bonds is 10. The number of ketones is 1. The van der Waals surface area contributed by atoms with Gasteiger partial charge in [-0.2, -0.15) is 0 Å². The molecule has 0 aromatic heterocycles. The number of benzene rings is 1. The third-order valence-corrected chi connectivity index (χ3v) is 2.75. The Morgan fingerprint density at radius 3 is 2.33 bits per heavy atom. The highest BCUT2D eigenvalue weighted by Crippen LogP contribution is 2.27. The maximum atomic E-state index is 12.1. The number of aliphatic carboxylic acids is 1. The highest BCUT2D eigenvalue weighted by molar-refractivity contribution is 6.00. The Kier molecular flexibility index (Phi) is 7.29. The topological polar surface area (TPSA) is 72.8 Å². The van der Waals surface area contributed by atoms with Crippen molar-refractivity contribution < 1.29 is 24.2 Å². The number of Topliss-reactive ketones (excluding diaryl/α,β-unsaturated/α-hetero) is 1. The quantitative estimate of drug-likeness (QED) is 0.670. The average Bonchev–Trinajstić information content (AvgIpc) is 2.48. The zero-order valence-corrected chi connectivity index (χ0v) is 12.6. The highest BCUT2D eigenvalue weighted by atomic mass is 16.5. The first-order valence-electron chi connectivity index (χ1n) is 7.23. The number of hydrogen-bond donors (Lipinski definition) is 1. The van der Waals surface area contributed by atoms with Crippen LogP contribution in [0.5, 0.6) is 11.5 Å². The van der Waals surface area contributed by atoms with Crippen molar-refractivity contribution >= 4 is 11.8 Å². The van der Waals surface area contributed by atoms with Gasteiger partial charge in [0.2, 0.25) is 0 Å². The van der Waals surface area contributed by atoms with Crippen LogP contribution < -0.4 is 9.47 Å². The van der Waals surface area contributed by atoms with Crippen LogP contribution in [0.15, 0.2) is 18.2 Å². The molecule has 0 atom stereocenters. The van der Waals surface area contributed by atoms with E-state index in [-0.39, 0.29) is 18.6 Å². The van der Waals surface area contributed by atoms with Gasteiger partial charge in [0.05, 0.1) is 25.2 Å². The summed E-state index contributed by atoms with van der Waals surface area (Å²) in [6.07, 6.45) is 1.50. The molecular formula is C16H22O5. The fraction of sp³-hybridized carbons (Fsp3) is 0.500. The predicted octanol–water partition coefficient (Wildman–Crippen LogP) is 3.31. The predicted molar refractivity (Wildman–Crippen MR) is 79.2 cm³/mol. The van der Waals surface area contributed by atoms with Gasteiger partial charge in [0.1, 0.15) is 11.5 Å². The molecule has 0 saturated carbocycles. The maximum absolute atomic E-state index is 12.1. The summed E-state index contributed by atoms with van der Waals surface area (Å²) in [5, 5.41) is 8.66. The van der Waals surface area contributed by atoms with Crippen molar-refractivity contribution in [3.63, 3.8) is 0 Å². The molecule has 21 heavy (non-hydrogen) atoms. The summed E-state index contributed by atoms with van der Waals surface area (Å²) < 4.78 is 11.1. The molecule has 0 saturated heterocycles. The first kappa shape index (κ1) is 17.0. The molecular weight excluding hydrogens is 272 g/mol. The van der Waals surface area contributed by atoms with Crippen molar-refractivity contribution in [1.82, 2.24) is 0 Å². The lowest BCUT2D eigenvalue weighted by Crippen LogP contribution is -2.08. The molecule has 0 heterocycles. The molecule has 0 aliphatic rings. The van der Waals surface area contributed by atoms with Gasteiger partial charge in [-0.25, -0.2) is 0 Å². The van der Waals surface area contributed by atoms with Gasteiger partial charge in [-0.1, -0.05) is 13.8 Å². The number of ether oxygens (including phenoxy) is 2. The first-order valence-corrected chi connectivity index (χ1v) is 7.23. The van der Waals surface area contributed by atoms with E-state index in [4.69, 9.17) is 14.6 Å². The van der Waals surface area contributed by atoms with Crippen molar-refractivity contribution in [2.75, 3.05) is 13.2 Å². The monoisotopic (exact) mass is 294 g/mol. The lowest BCUT2D eigenvalue weighted by Gasteiger charge is -2.12. The summed E-state index contributed by atoms with van der Waals surface area (Å²) in [6.45, 7) is 5.08. The van der Waals surface area contributed by atoms with Crippen molar-refractivity contribution in [2.45, 2.75) is 39.5 Å². The van der Waals surface area contributed by atoms with E-state index >= 15 is 0 Å². The third-order valence-electron chi connectivity index (χ3n) is 2.75. The van der Waals surface area contributed by atoms with Gasteiger partial charge < -0.3 is 14.6 Å². The molecule has 0 radical (unpaired) electrons. The van der Waals surface area contributed by atoms with Crippen LogP contribution in [0.4, 0.5) is 0 Å². The van der Waals surface area contributed by atoms with Gasteiger partial charge >= 0.3 is 5.97 Å². The molecule has 5 nitrogen and oxygen atoms in total. The summed E-state index contributed by atoms with van der Waals surface area (Å²) in [5.74, 6) is -0.105. The second kappa shape index (κ2) is 9.00. The number of carboxylic acids is 1. The Morgan fingerprint density at radius 1 is 1.05 bits per heavy atom. The molecule has 0 amide bonds. The molecule has 1 aromatic carbocycles. The van der Waals surface area contributed by atoms with E-state index in [0.717, 1.165) is 12.8 Å². The molecule has 116 valence electrons. The molecule has 5 heteroatoms. The largest absolute Gasteiger partial charge is 0.493 e.